The minimum absolute atomic E-state index is 0.0211. The maximum absolute atomic E-state index is 13.8. The first kappa shape index (κ1) is 80.4. The zero-order valence-electron chi connectivity index (χ0n) is 68.3. The second kappa shape index (κ2) is 34.3. The molecule has 24 heteroatoms. The molecular formula is C94H106N12O12. The lowest BCUT2D eigenvalue weighted by Crippen LogP contribution is -2.47. The SMILES string of the molecule is COC(=O)C[C@@H](C)C(=O)N1CCC[C@H]1C1=NC=C(c2ccc(-c3ccc(-c4ccc5nc([C@@H]6CCCN6C(=O)[C@H](C)NC(=O)OC)[nH]c(=O)c5c4)c4c3CC3(CCCC3)C4)cc2)C1.COC(=O)N[C@@H](C)C(=O)O.O=c1[nH]c([C@@H]2CCCN2)nc2ccc(-c3ccc(-c4ccc(-c5cnc(C6CCCC6)[nH]5)cc4)c4c3CC3(CCCC3)C4)cc12. The van der Waals surface area contributed by atoms with E-state index in [4.69, 9.17) is 29.8 Å². The summed E-state index contributed by atoms with van der Waals surface area (Å²) in [6.07, 6.45) is 28.3. The average Bonchev–Trinajstić information content (AvgIpc) is 1.56. The number of esters is 1. The lowest BCUT2D eigenvalue weighted by Gasteiger charge is -2.27. The zero-order chi connectivity index (χ0) is 82.1. The number of likely N-dealkylation sites (tertiary alicyclic amines) is 2. The van der Waals surface area contributed by atoms with E-state index in [2.05, 4.69) is 131 Å². The number of carbonyl (C=O) groups excluding carboxylic acids is 5. The summed E-state index contributed by atoms with van der Waals surface area (Å²) < 4.78 is 13.6. The molecule has 6 fully saturated rings. The van der Waals surface area contributed by atoms with E-state index in [9.17, 15) is 38.4 Å². The predicted octanol–water partition coefficient (Wildman–Crippen LogP) is 15.9. The number of fused-ring (bicyclic) bond motifs is 4. The summed E-state index contributed by atoms with van der Waals surface area (Å²) in [6.45, 7) is 6.91. The minimum atomic E-state index is -1.09. The molecule has 5 aliphatic carbocycles. The number of H-pyrrole nitrogens is 3. The van der Waals surface area contributed by atoms with Crippen LogP contribution in [0.1, 0.15) is 212 Å². The standard InChI is InChI=1S/C50H56N6O7.C39H41N5O.C5H9NO4/c1-29(23-44(57)62-3)47(59)55-21-7-9-42(55)41-25-34(28-51-41)31-11-13-32(14-12-31)35-16-17-36(39-27-50(26-38(35)39)19-5-6-20-50)33-15-18-40-37(24-33)46(58)54-45(53-40)43-10-8-22-56(43)48(60)30(2)52-49(61)63-4;45-38-30-20-27(13-16-33(30)42-37(44-38)34-8-5-19-40-34)29-15-14-28(31-21-39(22-32(29)31)17-3-4-18-39)24-9-11-25(12-10-24)35-23-41-36(43-35)26-6-1-2-7-26;1-3(4(7)8)6-5(9)10-2/h11-18,24,28-30,42-43H,5-10,19-23,25-27H2,1-4H3,(H,52,61)(H,53,54,58);9-16,20,23,26,34,40H,1-8,17-19,21-22H2,(H,41,43)(H,42,44,45);3H,1-2H3,(H,6,9)(H,7,8)/t29-,30+,42+,43+;34-;3-/m100/s1. The van der Waals surface area contributed by atoms with Gasteiger partial charge < -0.3 is 60.0 Å². The van der Waals surface area contributed by atoms with Gasteiger partial charge in [-0.3, -0.25) is 33.8 Å². The van der Waals surface area contributed by atoms with E-state index in [0.717, 1.165) is 121 Å². The van der Waals surface area contributed by atoms with E-state index in [0.29, 0.717) is 59.4 Å². The Balaban J connectivity index is 0.000000164. The molecule has 6 atom stereocenters. The Morgan fingerprint density at radius 2 is 1.00 bits per heavy atom. The van der Waals surface area contributed by atoms with Crippen LogP contribution < -0.4 is 27.1 Å². The Hall–Kier alpha value is -11.4. The molecule has 9 aromatic rings. The number of imidazole rings is 1. The molecular weight excluding hydrogens is 1490 g/mol. The molecule has 614 valence electrons. The summed E-state index contributed by atoms with van der Waals surface area (Å²) in [5, 5.41) is 17.5. The van der Waals surface area contributed by atoms with E-state index in [1.54, 1.807) is 18.7 Å². The number of hydrogen-bond acceptors (Lipinski definition) is 16. The topological polar surface area (TPSA) is 325 Å². The van der Waals surface area contributed by atoms with Crippen LogP contribution in [0.3, 0.4) is 0 Å². The lowest BCUT2D eigenvalue weighted by atomic mass is 9.82. The van der Waals surface area contributed by atoms with Gasteiger partial charge in [-0.15, -0.1) is 0 Å². The van der Waals surface area contributed by atoms with Crippen molar-refractivity contribution < 1.29 is 48.1 Å². The molecule has 2 spiro atoms. The summed E-state index contributed by atoms with van der Waals surface area (Å²) in [4.78, 5) is 131. The van der Waals surface area contributed by atoms with Crippen LogP contribution in [0.4, 0.5) is 9.59 Å². The highest BCUT2D eigenvalue weighted by atomic mass is 16.5. The molecule has 118 heavy (non-hydrogen) atoms. The number of carboxylic acids is 1. The van der Waals surface area contributed by atoms with Crippen LogP contribution in [0, 0.1) is 16.7 Å². The summed E-state index contributed by atoms with van der Waals surface area (Å²) >= 11 is 0. The van der Waals surface area contributed by atoms with E-state index in [1.165, 1.54) is 161 Å². The van der Waals surface area contributed by atoms with Crippen molar-refractivity contribution in [2.24, 2.45) is 21.7 Å². The third-order valence-electron chi connectivity index (χ3n) is 26.7. The zero-order valence-corrected chi connectivity index (χ0v) is 68.3. The monoisotopic (exact) mass is 1590 g/mol. The Labute approximate surface area is 686 Å². The highest BCUT2D eigenvalue weighted by Gasteiger charge is 2.45. The van der Waals surface area contributed by atoms with Crippen molar-refractivity contribution in [3.05, 3.63) is 188 Å². The van der Waals surface area contributed by atoms with Crippen molar-refractivity contribution in [2.75, 3.05) is 41.0 Å². The second-order valence-electron chi connectivity index (χ2n) is 34.3. The number of methoxy groups -OCH3 is 3. The van der Waals surface area contributed by atoms with E-state index < -0.39 is 42.2 Å². The lowest BCUT2D eigenvalue weighted by molar-refractivity contribution is -0.146. The Morgan fingerprint density at radius 3 is 1.52 bits per heavy atom. The van der Waals surface area contributed by atoms with Gasteiger partial charge in [-0.05, 0) is 242 Å². The fourth-order valence-corrected chi connectivity index (χ4v) is 20.4. The molecule has 4 aliphatic heterocycles. The van der Waals surface area contributed by atoms with Crippen LogP contribution >= 0.6 is 0 Å². The summed E-state index contributed by atoms with van der Waals surface area (Å²) in [5.74, 6) is 0.772. The van der Waals surface area contributed by atoms with Gasteiger partial charge in [-0.2, -0.15) is 0 Å². The number of hydrogen-bond donors (Lipinski definition) is 7. The van der Waals surface area contributed by atoms with E-state index in [-0.39, 0.29) is 52.8 Å². The number of nitrogens with one attached hydrogen (secondary N) is 6. The van der Waals surface area contributed by atoms with Gasteiger partial charge in [-0.25, -0.2) is 24.5 Å². The number of carboxylic acid groups (broad SMARTS) is 1. The summed E-state index contributed by atoms with van der Waals surface area (Å²) in [6, 6.07) is 37.2. The highest BCUT2D eigenvalue weighted by Crippen LogP contribution is 2.55. The van der Waals surface area contributed by atoms with E-state index >= 15 is 0 Å². The van der Waals surface area contributed by atoms with E-state index in [1.807, 2.05) is 35.5 Å². The van der Waals surface area contributed by atoms with Crippen LogP contribution in [0.25, 0.3) is 83.1 Å². The average molecular weight is 1600 g/mol. The fourth-order valence-electron chi connectivity index (χ4n) is 20.4. The van der Waals surface area contributed by atoms with Gasteiger partial charge in [0.1, 0.15) is 29.6 Å². The number of rotatable bonds is 17. The molecule has 7 heterocycles. The molecule has 0 bridgehead atoms. The van der Waals surface area contributed by atoms with Gasteiger partial charge in [0.15, 0.2) is 0 Å². The molecule has 9 aliphatic rings. The first-order valence-electron chi connectivity index (χ1n) is 42.4. The number of aromatic amines is 3. The number of ether oxygens (including phenoxy) is 3. The third kappa shape index (κ3) is 16.5. The molecule has 18 rings (SSSR count). The molecule has 3 saturated carbocycles. The van der Waals surface area contributed by atoms with Gasteiger partial charge in [0.25, 0.3) is 11.1 Å². The number of allylic oxidation sites excluding steroid dienone is 1. The molecule has 6 aromatic carbocycles. The quantitative estimate of drug-likeness (QED) is 0.0329. The van der Waals surface area contributed by atoms with Gasteiger partial charge in [0, 0.05) is 43.3 Å². The number of aliphatic carboxylic acids is 1. The largest absolute Gasteiger partial charge is 0.480 e. The highest BCUT2D eigenvalue weighted by molar-refractivity contribution is 6.04. The third-order valence-corrected chi connectivity index (χ3v) is 26.7. The number of nitrogens with zero attached hydrogens (tertiary/aromatic N) is 6. The molecule has 4 amide bonds. The van der Waals surface area contributed by atoms with Crippen molar-refractivity contribution in [1.82, 2.24) is 55.7 Å². The smallest absolute Gasteiger partial charge is 0.407 e. The predicted molar refractivity (Wildman–Crippen MR) is 454 cm³/mol. The van der Waals surface area contributed by atoms with Crippen LogP contribution in [-0.2, 0) is 59.1 Å². The number of carbonyl (C=O) groups is 6. The Morgan fingerprint density at radius 1 is 0.517 bits per heavy atom. The van der Waals surface area contributed by atoms with Crippen LogP contribution in [0.5, 0.6) is 0 Å². The van der Waals surface area contributed by atoms with Gasteiger partial charge in [-0.1, -0.05) is 130 Å². The minimum Gasteiger partial charge on any atom is -0.480 e. The van der Waals surface area contributed by atoms with Crippen molar-refractivity contribution in [3.63, 3.8) is 0 Å². The molecule has 0 radical (unpaired) electrons. The number of aliphatic imine (C=N–C) groups is 1. The Kier molecular flexibility index (Phi) is 23.4. The second-order valence-corrected chi connectivity index (χ2v) is 34.3. The fraction of sp³-hybridized carbons (Fsp3) is 0.447. The number of aromatic nitrogens is 6. The van der Waals surface area contributed by atoms with Crippen molar-refractivity contribution in [1.29, 1.82) is 0 Å². The number of alkyl carbamates (subject to hydrolysis) is 2. The van der Waals surface area contributed by atoms with Crippen LogP contribution in [0.15, 0.2) is 136 Å². The summed E-state index contributed by atoms with van der Waals surface area (Å²) in [7, 11) is 3.78. The molecule has 3 saturated heterocycles. The normalized spacial score (nSPS) is 20.2. The number of amides is 4. The van der Waals surface area contributed by atoms with Crippen molar-refractivity contribution in [3.8, 4) is 55.8 Å². The van der Waals surface area contributed by atoms with Gasteiger partial charge >= 0.3 is 24.1 Å². The summed E-state index contributed by atoms with van der Waals surface area (Å²) in [5.41, 5.74) is 22.6. The van der Waals surface area contributed by atoms with Crippen LogP contribution in [-0.4, -0.2) is 146 Å². The molecule has 7 N–H and O–H groups in total. The molecule has 0 unspecified atom stereocenters. The Bertz CT molecular complexity index is 5540. The van der Waals surface area contributed by atoms with Crippen LogP contribution in [0.2, 0.25) is 0 Å². The van der Waals surface area contributed by atoms with Crippen molar-refractivity contribution >= 4 is 69.0 Å². The maximum Gasteiger partial charge on any atom is 0.407 e. The molecule has 24 nitrogen and oxygen atoms in total. The first-order valence-corrected chi connectivity index (χ1v) is 42.4. The van der Waals surface area contributed by atoms with Gasteiger partial charge in [0.05, 0.1) is 79.6 Å². The van der Waals surface area contributed by atoms with Crippen molar-refractivity contribution in [2.45, 2.75) is 211 Å². The van der Waals surface area contributed by atoms with Gasteiger partial charge in [0.2, 0.25) is 11.8 Å². The number of benzene rings is 6. The maximum atomic E-state index is 13.8. The molecule has 3 aromatic heterocycles. The first-order chi connectivity index (χ1) is 57.1.